The van der Waals surface area contributed by atoms with Crippen molar-refractivity contribution < 1.29 is 4.74 Å². The number of aryl methyl sites for hydroxylation is 2. The molecule has 0 spiro atoms. The highest BCUT2D eigenvalue weighted by molar-refractivity contribution is 5.45. The molecule has 2 aromatic rings. The summed E-state index contributed by atoms with van der Waals surface area (Å²) in [4.78, 5) is 8.21. The lowest BCUT2D eigenvalue weighted by Gasteiger charge is -2.09. The summed E-state index contributed by atoms with van der Waals surface area (Å²) in [7, 11) is 1.87. The maximum Gasteiger partial charge on any atom is 0.226 e. The summed E-state index contributed by atoms with van der Waals surface area (Å²) in [5.74, 6) is 1.95. The fourth-order valence-electron chi connectivity index (χ4n) is 1.85. The van der Waals surface area contributed by atoms with Gasteiger partial charge in [0.1, 0.15) is 11.5 Å². The third-order valence-electron chi connectivity index (χ3n) is 2.93. The number of nitrogens with two attached hydrogens (primary N) is 1. The van der Waals surface area contributed by atoms with Gasteiger partial charge in [-0.15, -0.1) is 0 Å². The Bertz CT molecular complexity index is 607. The average Bonchev–Trinajstić information content (AvgIpc) is 2.62. The first kappa shape index (κ1) is 14.1. The zero-order valence-corrected chi connectivity index (χ0v) is 12.3. The topological polar surface area (TPSA) is 90.9 Å². The number of nitrogens with one attached hydrogen (secondary N) is 1. The highest BCUT2D eigenvalue weighted by Gasteiger charge is 2.13. The number of rotatable bonds is 5. The third-order valence-corrected chi connectivity index (χ3v) is 2.93. The van der Waals surface area contributed by atoms with Gasteiger partial charge in [0.05, 0.1) is 5.69 Å². The maximum atomic E-state index is 5.81. The normalized spacial score (nSPS) is 10.6. The second-order valence-corrected chi connectivity index (χ2v) is 4.60. The van der Waals surface area contributed by atoms with Crippen molar-refractivity contribution in [3.8, 4) is 11.6 Å². The van der Waals surface area contributed by atoms with Gasteiger partial charge < -0.3 is 15.8 Å². The van der Waals surface area contributed by atoms with Gasteiger partial charge in [0.25, 0.3) is 0 Å². The smallest absolute Gasteiger partial charge is 0.226 e. The number of aromatic nitrogens is 4. The van der Waals surface area contributed by atoms with Gasteiger partial charge in [-0.1, -0.05) is 6.92 Å². The molecule has 0 aliphatic heterocycles. The van der Waals surface area contributed by atoms with Crippen molar-refractivity contribution >= 4 is 11.8 Å². The molecule has 7 heteroatoms. The quantitative estimate of drug-likeness (QED) is 0.868. The van der Waals surface area contributed by atoms with Crippen LogP contribution in [0.4, 0.5) is 11.8 Å². The van der Waals surface area contributed by atoms with Crippen molar-refractivity contribution in [3.05, 3.63) is 17.5 Å². The monoisotopic (exact) mass is 276 g/mol. The molecule has 2 aromatic heterocycles. The molecule has 0 atom stereocenters. The van der Waals surface area contributed by atoms with E-state index in [1.807, 2.05) is 20.9 Å². The number of hydrogen-bond donors (Lipinski definition) is 2. The third kappa shape index (κ3) is 2.98. The maximum absolute atomic E-state index is 5.81. The molecule has 0 bridgehead atoms. The molecule has 108 valence electrons. The van der Waals surface area contributed by atoms with E-state index in [1.165, 1.54) is 0 Å². The highest BCUT2D eigenvalue weighted by Crippen LogP contribution is 2.28. The van der Waals surface area contributed by atoms with E-state index in [1.54, 1.807) is 10.7 Å². The first-order valence-corrected chi connectivity index (χ1v) is 6.57. The molecular weight excluding hydrogens is 256 g/mol. The molecule has 20 heavy (non-hydrogen) atoms. The van der Waals surface area contributed by atoms with Crippen molar-refractivity contribution in [2.24, 2.45) is 7.05 Å². The lowest BCUT2D eigenvalue weighted by molar-refractivity contribution is 0.455. The minimum atomic E-state index is 0.181. The molecule has 0 fully saturated rings. The van der Waals surface area contributed by atoms with Crippen LogP contribution in [0.15, 0.2) is 6.07 Å². The minimum absolute atomic E-state index is 0.181. The summed E-state index contributed by atoms with van der Waals surface area (Å²) in [5.41, 5.74) is 7.45. The van der Waals surface area contributed by atoms with Crippen LogP contribution in [0.1, 0.15) is 24.7 Å². The number of hydrogen-bond acceptors (Lipinski definition) is 6. The molecule has 3 N–H and O–H groups in total. The van der Waals surface area contributed by atoms with E-state index in [0.717, 1.165) is 24.4 Å². The molecule has 0 unspecified atom stereocenters. The number of ether oxygens (including phenoxy) is 1. The highest BCUT2D eigenvalue weighted by atomic mass is 16.5. The Labute approximate surface area is 118 Å². The van der Waals surface area contributed by atoms with E-state index in [9.17, 15) is 0 Å². The van der Waals surface area contributed by atoms with Crippen LogP contribution in [-0.2, 0) is 7.05 Å². The van der Waals surface area contributed by atoms with E-state index >= 15 is 0 Å². The van der Waals surface area contributed by atoms with E-state index < -0.39 is 0 Å². The van der Waals surface area contributed by atoms with E-state index in [2.05, 4.69) is 27.3 Å². The van der Waals surface area contributed by atoms with Crippen LogP contribution in [0.25, 0.3) is 0 Å². The van der Waals surface area contributed by atoms with E-state index in [0.29, 0.717) is 17.4 Å². The van der Waals surface area contributed by atoms with E-state index in [4.69, 9.17) is 10.5 Å². The van der Waals surface area contributed by atoms with Crippen molar-refractivity contribution in [1.29, 1.82) is 0 Å². The summed E-state index contributed by atoms with van der Waals surface area (Å²) in [6.07, 6.45) is 1.00. The van der Waals surface area contributed by atoms with Crippen LogP contribution in [0.5, 0.6) is 11.6 Å². The molecular formula is C13H20N6O. The van der Waals surface area contributed by atoms with Crippen LogP contribution in [0.3, 0.4) is 0 Å². The van der Waals surface area contributed by atoms with Gasteiger partial charge in [0.2, 0.25) is 11.8 Å². The van der Waals surface area contributed by atoms with Gasteiger partial charge in [-0.25, -0.2) is 0 Å². The van der Waals surface area contributed by atoms with Crippen LogP contribution in [-0.4, -0.2) is 26.3 Å². The second kappa shape index (κ2) is 5.77. The lowest BCUT2D eigenvalue weighted by Crippen LogP contribution is -2.06. The van der Waals surface area contributed by atoms with Crippen LogP contribution < -0.4 is 15.8 Å². The van der Waals surface area contributed by atoms with Crippen molar-refractivity contribution in [2.45, 2.75) is 27.2 Å². The zero-order valence-electron chi connectivity index (χ0n) is 12.3. The van der Waals surface area contributed by atoms with Gasteiger partial charge in [-0.3, -0.25) is 4.68 Å². The van der Waals surface area contributed by atoms with Gasteiger partial charge in [-0.2, -0.15) is 15.1 Å². The van der Waals surface area contributed by atoms with Crippen LogP contribution >= 0.6 is 0 Å². The predicted octanol–water partition coefficient (Wildman–Crippen LogP) is 2.02. The number of anilines is 2. The standard InChI is InChI=1S/C13H20N6O/c1-5-6-15-10-7-11(17-13(14)16-10)20-12-8(2)18-19(4)9(12)3/h7H,5-6H2,1-4H3,(H3,14,15,16,17). The summed E-state index contributed by atoms with van der Waals surface area (Å²) in [6.45, 7) is 6.73. The van der Waals surface area contributed by atoms with Gasteiger partial charge in [0, 0.05) is 19.7 Å². The minimum Gasteiger partial charge on any atom is -0.435 e. The van der Waals surface area contributed by atoms with Crippen molar-refractivity contribution in [2.75, 3.05) is 17.6 Å². The Morgan fingerprint density at radius 1 is 1.35 bits per heavy atom. The first-order valence-electron chi connectivity index (χ1n) is 6.57. The Morgan fingerprint density at radius 2 is 2.10 bits per heavy atom. The van der Waals surface area contributed by atoms with E-state index in [-0.39, 0.29) is 5.95 Å². The molecule has 0 amide bonds. The van der Waals surface area contributed by atoms with Gasteiger partial charge in [-0.05, 0) is 20.3 Å². The van der Waals surface area contributed by atoms with Gasteiger partial charge >= 0.3 is 0 Å². The largest absolute Gasteiger partial charge is 0.435 e. The summed E-state index contributed by atoms with van der Waals surface area (Å²) in [5, 5.41) is 7.47. The Hall–Kier alpha value is -2.31. The molecule has 2 rings (SSSR count). The van der Waals surface area contributed by atoms with Crippen LogP contribution in [0, 0.1) is 13.8 Å². The van der Waals surface area contributed by atoms with Crippen molar-refractivity contribution in [3.63, 3.8) is 0 Å². The molecule has 0 saturated heterocycles. The fraction of sp³-hybridized carbons (Fsp3) is 0.462. The SMILES string of the molecule is CCCNc1cc(Oc2c(C)nn(C)c2C)nc(N)n1. The molecule has 0 aliphatic carbocycles. The molecule has 0 saturated carbocycles. The van der Waals surface area contributed by atoms with Gasteiger partial charge in [0.15, 0.2) is 5.75 Å². The second-order valence-electron chi connectivity index (χ2n) is 4.60. The fourth-order valence-corrected chi connectivity index (χ4v) is 1.85. The number of nitrogen functional groups attached to an aromatic ring is 1. The summed E-state index contributed by atoms with van der Waals surface area (Å²) in [6, 6.07) is 1.73. The first-order chi connectivity index (χ1) is 9.51. The molecule has 0 radical (unpaired) electrons. The zero-order chi connectivity index (χ0) is 14.7. The molecule has 2 heterocycles. The average molecular weight is 276 g/mol. The lowest BCUT2D eigenvalue weighted by atomic mass is 10.3. The molecule has 7 nitrogen and oxygen atoms in total. The molecule has 0 aromatic carbocycles. The van der Waals surface area contributed by atoms with Crippen LogP contribution in [0.2, 0.25) is 0 Å². The summed E-state index contributed by atoms with van der Waals surface area (Å²) >= 11 is 0. The Balaban J connectivity index is 2.26. The molecule has 0 aliphatic rings. The predicted molar refractivity (Wildman–Crippen MR) is 78.0 cm³/mol. The Morgan fingerprint density at radius 3 is 2.70 bits per heavy atom. The number of nitrogens with zero attached hydrogens (tertiary/aromatic N) is 4. The van der Waals surface area contributed by atoms with Crippen molar-refractivity contribution in [1.82, 2.24) is 19.7 Å². The Kier molecular flexibility index (Phi) is 4.07. The summed E-state index contributed by atoms with van der Waals surface area (Å²) < 4.78 is 7.58.